The zero-order chi connectivity index (χ0) is 19.8. The molecule has 1 amide bonds. The highest BCUT2D eigenvalue weighted by Gasteiger charge is 2.24. The molecular formula is C21H14FN3O3S. The Bertz CT molecular complexity index is 1210. The monoisotopic (exact) mass is 407 g/mol. The van der Waals surface area contributed by atoms with Crippen molar-refractivity contribution >= 4 is 32.6 Å². The third-order valence-corrected chi connectivity index (χ3v) is 5.54. The van der Waals surface area contributed by atoms with Crippen molar-refractivity contribution in [3.63, 3.8) is 0 Å². The number of amides is 1. The number of rotatable bonds is 4. The fourth-order valence-corrected chi connectivity index (χ4v) is 4.08. The zero-order valence-electron chi connectivity index (χ0n) is 15.0. The summed E-state index contributed by atoms with van der Waals surface area (Å²) in [7, 11) is 0. The maximum atomic E-state index is 13.6. The smallest absolute Gasteiger partial charge is 0.260 e. The van der Waals surface area contributed by atoms with Crippen LogP contribution in [0, 0.1) is 5.82 Å². The highest BCUT2D eigenvalue weighted by Crippen LogP contribution is 2.35. The molecule has 0 saturated carbocycles. The first kappa shape index (κ1) is 17.6. The number of ether oxygens (including phenoxy) is 2. The van der Waals surface area contributed by atoms with Crippen molar-refractivity contribution < 1.29 is 18.7 Å². The summed E-state index contributed by atoms with van der Waals surface area (Å²) >= 11 is 1.26. The normalized spacial score (nSPS) is 12.3. The molecule has 2 aromatic carbocycles. The summed E-state index contributed by atoms with van der Waals surface area (Å²) in [4.78, 5) is 23.6. The molecule has 0 fully saturated rings. The predicted octanol–water partition coefficient (Wildman–Crippen LogP) is 4.41. The number of hydrogen-bond acceptors (Lipinski definition) is 6. The molecule has 3 heterocycles. The number of nitrogens with zero attached hydrogens (tertiary/aromatic N) is 3. The summed E-state index contributed by atoms with van der Waals surface area (Å²) in [5.41, 5.74) is 1.94. The lowest BCUT2D eigenvalue weighted by Gasteiger charge is -2.20. The minimum atomic E-state index is -0.339. The summed E-state index contributed by atoms with van der Waals surface area (Å²) in [6.45, 7) is 0.416. The van der Waals surface area contributed by atoms with Crippen LogP contribution >= 0.6 is 11.3 Å². The molecule has 8 heteroatoms. The lowest BCUT2D eigenvalue weighted by molar-refractivity contribution is 0.0984. The molecule has 6 nitrogen and oxygen atoms in total. The minimum Gasteiger partial charge on any atom is -0.454 e. The molecule has 0 unspecified atom stereocenters. The number of halogens is 1. The van der Waals surface area contributed by atoms with Crippen LogP contribution in [0.25, 0.3) is 10.2 Å². The molecule has 0 atom stereocenters. The third-order valence-electron chi connectivity index (χ3n) is 4.50. The number of carbonyl (C=O) groups is 1. The van der Waals surface area contributed by atoms with Crippen molar-refractivity contribution in [3.05, 3.63) is 77.9 Å². The van der Waals surface area contributed by atoms with Gasteiger partial charge in [-0.25, -0.2) is 9.37 Å². The highest BCUT2D eigenvalue weighted by atomic mass is 32.1. The number of aromatic nitrogens is 2. The van der Waals surface area contributed by atoms with Crippen LogP contribution in [0.2, 0.25) is 0 Å². The summed E-state index contributed by atoms with van der Waals surface area (Å²) in [6, 6.07) is 13.2. The maximum Gasteiger partial charge on any atom is 0.260 e. The van der Waals surface area contributed by atoms with Crippen LogP contribution < -0.4 is 14.4 Å². The highest BCUT2D eigenvalue weighted by molar-refractivity contribution is 7.22. The van der Waals surface area contributed by atoms with E-state index in [1.807, 2.05) is 12.1 Å². The van der Waals surface area contributed by atoms with Crippen LogP contribution in [0.1, 0.15) is 15.9 Å². The Morgan fingerprint density at radius 1 is 1.14 bits per heavy atom. The van der Waals surface area contributed by atoms with Crippen LogP contribution in [0.4, 0.5) is 9.52 Å². The molecule has 2 aromatic heterocycles. The van der Waals surface area contributed by atoms with Gasteiger partial charge in [0.1, 0.15) is 5.82 Å². The van der Waals surface area contributed by atoms with E-state index < -0.39 is 0 Å². The number of anilines is 1. The van der Waals surface area contributed by atoms with Crippen molar-refractivity contribution in [3.8, 4) is 11.5 Å². The van der Waals surface area contributed by atoms with Gasteiger partial charge in [-0.2, -0.15) is 0 Å². The van der Waals surface area contributed by atoms with Crippen LogP contribution in [0.3, 0.4) is 0 Å². The fraction of sp³-hybridized carbons (Fsp3) is 0.0952. The minimum absolute atomic E-state index is 0.135. The predicted molar refractivity (Wildman–Crippen MR) is 107 cm³/mol. The Hall–Kier alpha value is -3.52. The van der Waals surface area contributed by atoms with Gasteiger partial charge in [-0.15, -0.1) is 0 Å². The molecule has 0 bridgehead atoms. The second kappa shape index (κ2) is 7.14. The quantitative estimate of drug-likeness (QED) is 0.502. The van der Waals surface area contributed by atoms with Crippen molar-refractivity contribution in [2.24, 2.45) is 0 Å². The van der Waals surface area contributed by atoms with E-state index in [1.54, 1.807) is 41.6 Å². The van der Waals surface area contributed by atoms with Crippen LogP contribution in [-0.4, -0.2) is 22.7 Å². The van der Waals surface area contributed by atoms with Gasteiger partial charge in [0.15, 0.2) is 16.6 Å². The number of pyridine rings is 1. The Morgan fingerprint density at radius 3 is 2.90 bits per heavy atom. The molecule has 0 N–H and O–H groups in total. The molecule has 0 saturated heterocycles. The van der Waals surface area contributed by atoms with E-state index in [-0.39, 0.29) is 25.1 Å². The number of carbonyl (C=O) groups excluding carboxylic acids is 1. The molecule has 4 aromatic rings. The van der Waals surface area contributed by atoms with Crippen molar-refractivity contribution in [2.45, 2.75) is 6.54 Å². The van der Waals surface area contributed by atoms with Crippen LogP contribution in [0.5, 0.6) is 11.5 Å². The molecule has 0 spiro atoms. The number of fused-ring (bicyclic) bond motifs is 2. The van der Waals surface area contributed by atoms with E-state index in [2.05, 4.69) is 9.97 Å². The number of thiazole rings is 1. The third kappa shape index (κ3) is 3.38. The van der Waals surface area contributed by atoms with Gasteiger partial charge in [0, 0.05) is 18.0 Å². The average Bonchev–Trinajstić information content (AvgIpc) is 3.38. The second-order valence-electron chi connectivity index (χ2n) is 6.43. The fourth-order valence-electron chi connectivity index (χ4n) is 3.09. The van der Waals surface area contributed by atoms with E-state index in [0.29, 0.717) is 32.4 Å². The van der Waals surface area contributed by atoms with Gasteiger partial charge in [-0.3, -0.25) is 14.7 Å². The largest absolute Gasteiger partial charge is 0.454 e. The molecule has 29 heavy (non-hydrogen) atoms. The van der Waals surface area contributed by atoms with Gasteiger partial charge in [-0.05, 0) is 48.0 Å². The summed E-state index contributed by atoms with van der Waals surface area (Å²) in [6.07, 6.45) is 3.38. The molecule has 144 valence electrons. The molecule has 0 aliphatic carbocycles. The Morgan fingerprint density at radius 2 is 2.03 bits per heavy atom. The van der Waals surface area contributed by atoms with E-state index >= 15 is 0 Å². The summed E-state index contributed by atoms with van der Waals surface area (Å²) in [5, 5.41) is 0.483. The summed E-state index contributed by atoms with van der Waals surface area (Å²) < 4.78 is 25.0. The van der Waals surface area contributed by atoms with Gasteiger partial charge in [0.25, 0.3) is 5.91 Å². The average molecular weight is 407 g/mol. The van der Waals surface area contributed by atoms with Gasteiger partial charge in [0.05, 0.1) is 16.8 Å². The van der Waals surface area contributed by atoms with Gasteiger partial charge in [0.2, 0.25) is 6.79 Å². The Kier molecular flexibility index (Phi) is 4.33. The Labute approximate surface area is 169 Å². The first-order valence-corrected chi connectivity index (χ1v) is 9.65. The summed E-state index contributed by atoms with van der Waals surface area (Å²) in [5.74, 6) is 0.555. The Balaban J connectivity index is 1.56. The number of benzene rings is 2. The van der Waals surface area contributed by atoms with E-state index in [1.165, 1.54) is 23.5 Å². The van der Waals surface area contributed by atoms with Gasteiger partial charge in [-0.1, -0.05) is 17.4 Å². The van der Waals surface area contributed by atoms with Gasteiger partial charge >= 0.3 is 0 Å². The second-order valence-corrected chi connectivity index (χ2v) is 7.44. The topological polar surface area (TPSA) is 64.6 Å². The maximum absolute atomic E-state index is 13.6. The van der Waals surface area contributed by atoms with E-state index in [0.717, 1.165) is 5.56 Å². The van der Waals surface area contributed by atoms with Gasteiger partial charge < -0.3 is 9.47 Å². The van der Waals surface area contributed by atoms with Crippen molar-refractivity contribution in [1.29, 1.82) is 0 Å². The standard InChI is InChI=1S/C21H14FN3O3S/c22-15-4-5-16-19(9-15)29-21(24-16)25(11-13-2-1-7-23-10-13)20(26)14-3-6-17-18(8-14)28-12-27-17/h1-10H,11-12H2. The molecule has 5 rings (SSSR count). The molecule has 1 aliphatic heterocycles. The van der Waals surface area contributed by atoms with Crippen molar-refractivity contribution in [2.75, 3.05) is 11.7 Å². The molecule has 0 radical (unpaired) electrons. The van der Waals surface area contributed by atoms with E-state index in [4.69, 9.17) is 9.47 Å². The van der Waals surface area contributed by atoms with Crippen LogP contribution in [0.15, 0.2) is 60.9 Å². The van der Waals surface area contributed by atoms with Crippen LogP contribution in [-0.2, 0) is 6.54 Å². The lowest BCUT2D eigenvalue weighted by Crippen LogP contribution is -2.30. The number of hydrogen-bond donors (Lipinski definition) is 0. The molecule has 1 aliphatic rings. The molecular weight excluding hydrogens is 393 g/mol. The SMILES string of the molecule is O=C(c1ccc2c(c1)OCO2)N(Cc1cccnc1)c1nc2ccc(F)cc2s1. The first-order valence-electron chi connectivity index (χ1n) is 8.84. The lowest BCUT2D eigenvalue weighted by atomic mass is 10.1. The zero-order valence-corrected chi connectivity index (χ0v) is 15.9. The van der Waals surface area contributed by atoms with Crippen molar-refractivity contribution in [1.82, 2.24) is 9.97 Å². The first-order chi connectivity index (χ1) is 14.2. The van der Waals surface area contributed by atoms with E-state index in [9.17, 15) is 9.18 Å².